The third-order valence-corrected chi connectivity index (χ3v) is 9.04. The van der Waals surface area contributed by atoms with Crippen molar-refractivity contribution in [2.24, 2.45) is 21.1 Å². The van der Waals surface area contributed by atoms with Crippen molar-refractivity contribution in [1.29, 1.82) is 0 Å². The third kappa shape index (κ3) is 10.3. The molecule has 0 N–H and O–H groups in total. The first kappa shape index (κ1) is 33.9. The van der Waals surface area contributed by atoms with E-state index >= 15 is 0 Å². The Labute approximate surface area is 245 Å². The summed E-state index contributed by atoms with van der Waals surface area (Å²) in [4.78, 5) is 27.1. The van der Waals surface area contributed by atoms with E-state index in [2.05, 4.69) is 10.2 Å². The smallest absolute Gasteiger partial charge is 0.311 e. The number of hydrogen-bond donors (Lipinski definition) is 0. The van der Waals surface area contributed by atoms with Gasteiger partial charge in [0.25, 0.3) is 0 Å². The number of ether oxygens (including phenoxy) is 2. The number of unbranched alkanes of at least 4 members (excludes halogenated alkanes) is 3. The molecule has 0 aromatic heterocycles. The lowest BCUT2D eigenvalue weighted by atomic mass is 9.72. The molecule has 0 bridgehead atoms. The Morgan fingerprint density at radius 2 is 1.37 bits per heavy atom. The maximum atomic E-state index is 12.7. The van der Waals surface area contributed by atoms with Gasteiger partial charge in [-0.05, 0) is 95.0 Å². The Morgan fingerprint density at radius 3 is 1.88 bits per heavy atom. The molecule has 0 aliphatic heterocycles. The van der Waals surface area contributed by atoms with Crippen molar-refractivity contribution in [2.75, 3.05) is 38.5 Å². The number of hydrogen-bond acceptors (Lipinski definition) is 9. The van der Waals surface area contributed by atoms with Gasteiger partial charge in [0.05, 0.1) is 46.6 Å². The molecule has 0 aliphatic rings. The van der Waals surface area contributed by atoms with Gasteiger partial charge in [-0.15, -0.1) is 0 Å². The number of carbonyl (C=O) groups is 2. The van der Waals surface area contributed by atoms with Crippen LogP contribution in [0.5, 0.6) is 0 Å². The normalized spacial score (nSPS) is 13.5. The van der Waals surface area contributed by atoms with Gasteiger partial charge in [0, 0.05) is 19.8 Å². The average molecular weight is 588 g/mol. The first-order valence-corrected chi connectivity index (χ1v) is 15.7. The molecule has 0 amide bonds. The summed E-state index contributed by atoms with van der Waals surface area (Å²) in [5.41, 5.74) is 0.759. The molecule has 0 fully saturated rings. The molecule has 0 heterocycles. The molecule has 2 aromatic carbocycles. The standard InChI is InChI=1S/C31H45N3O6S/c1-8-31(4,29(36)39-7)23-30(2,3)28(35)40-21-11-9-10-12-22-41(37,38)27-19-15-25(16-20-27)33-32-24-13-17-26(18-14-24)34(5)6/h13-20H,8-12,21-23H2,1-7H3. The van der Waals surface area contributed by atoms with E-state index < -0.39 is 20.7 Å². The van der Waals surface area contributed by atoms with Crippen molar-refractivity contribution < 1.29 is 27.5 Å². The molecule has 0 spiro atoms. The zero-order valence-electron chi connectivity index (χ0n) is 25.5. The molecule has 9 nitrogen and oxygen atoms in total. The van der Waals surface area contributed by atoms with Gasteiger partial charge < -0.3 is 14.4 Å². The van der Waals surface area contributed by atoms with Crippen LogP contribution in [0.1, 0.15) is 66.2 Å². The van der Waals surface area contributed by atoms with Crippen LogP contribution in [0, 0.1) is 10.8 Å². The van der Waals surface area contributed by atoms with E-state index in [1.54, 1.807) is 45.0 Å². The second kappa shape index (κ2) is 15.1. The van der Waals surface area contributed by atoms with Gasteiger partial charge in [0.2, 0.25) is 0 Å². The highest BCUT2D eigenvalue weighted by Crippen LogP contribution is 2.38. The maximum Gasteiger partial charge on any atom is 0.311 e. The Morgan fingerprint density at radius 1 is 0.829 bits per heavy atom. The summed E-state index contributed by atoms with van der Waals surface area (Å²) in [6.07, 6.45) is 3.49. The fourth-order valence-corrected chi connectivity index (χ4v) is 5.88. The number of sulfone groups is 1. The molecule has 1 atom stereocenters. The average Bonchev–Trinajstić information content (AvgIpc) is 2.95. The Balaban J connectivity index is 1.75. The first-order valence-electron chi connectivity index (χ1n) is 14.0. The number of esters is 2. The minimum Gasteiger partial charge on any atom is -0.469 e. The van der Waals surface area contributed by atoms with E-state index in [4.69, 9.17) is 9.47 Å². The summed E-state index contributed by atoms with van der Waals surface area (Å²) in [5.74, 6) is -0.643. The van der Waals surface area contributed by atoms with Gasteiger partial charge in [-0.3, -0.25) is 9.59 Å². The van der Waals surface area contributed by atoms with Gasteiger partial charge in [0.15, 0.2) is 9.84 Å². The summed E-state index contributed by atoms with van der Waals surface area (Å²) >= 11 is 0. The van der Waals surface area contributed by atoms with Gasteiger partial charge >= 0.3 is 11.9 Å². The summed E-state index contributed by atoms with van der Waals surface area (Å²) in [5, 5.41) is 8.41. The quantitative estimate of drug-likeness (QED) is 0.117. The number of azo groups is 1. The SMILES string of the molecule is CCC(C)(CC(C)(C)C(=O)OCCCCCCS(=O)(=O)c1ccc(N=Nc2ccc(N(C)C)cc2)cc1)C(=O)OC. The number of benzene rings is 2. The van der Waals surface area contributed by atoms with Crippen LogP contribution in [-0.2, 0) is 28.9 Å². The van der Waals surface area contributed by atoms with Crippen LogP contribution < -0.4 is 4.90 Å². The largest absolute Gasteiger partial charge is 0.469 e. The molecular weight excluding hydrogens is 542 g/mol. The van der Waals surface area contributed by atoms with Crippen LogP contribution >= 0.6 is 0 Å². The van der Waals surface area contributed by atoms with Crippen molar-refractivity contribution in [3.05, 3.63) is 48.5 Å². The number of rotatable bonds is 16. The molecule has 10 heteroatoms. The highest BCUT2D eigenvalue weighted by atomic mass is 32.2. The lowest BCUT2D eigenvalue weighted by Gasteiger charge is -2.33. The van der Waals surface area contributed by atoms with E-state index in [-0.39, 0.29) is 29.2 Å². The molecular formula is C31H45N3O6S. The predicted molar refractivity (Wildman–Crippen MR) is 162 cm³/mol. The van der Waals surface area contributed by atoms with Crippen LogP contribution in [0.15, 0.2) is 63.7 Å². The fraction of sp³-hybridized carbons (Fsp3) is 0.548. The van der Waals surface area contributed by atoms with E-state index in [1.165, 1.54) is 7.11 Å². The number of nitrogens with zero attached hydrogens (tertiary/aromatic N) is 3. The number of carbonyl (C=O) groups excluding carboxylic acids is 2. The van der Waals surface area contributed by atoms with Gasteiger partial charge in [-0.25, -0.2) is 8.42 Å². The monoisotopic (exact) mass is 587 g/mol. The third-order valence-electron chi connectivity index (χ3n) is 7.23. The lowest BCUT2D eigenvalue weighted by molar-refractivity contribution is -0.161. The van der Waals surface area contributed by atoms with Crippen molar-refractivity contribution in [2.45, 2.75) is 71.1 Å². The summed E-state index contributed by atoms with van der Waals surface area (Å²) in [6, 6.07) is 14.1. The molecule has 1 unspecified atom stereocenters. The fourth-order valence-electron chi connectivity index (χ4n) is 4.51. The maximum absolute atomic E-state index is 12.7. The number of anilines is 1. The van der Waals surface area contributed by atoms with Crippen LogP contribution in [-0.4, -0.2) is 53.9 Å². The van der Waals surface area contributed by atoms with Crippen molar-refractivity contribution in [3.63, 3.8) is 0 Å². The number of methoxy groups -OCH3 is 1. The summed E-state index contributed by atoms with van der Waals surface area (Å²) in [6.45, 7) is 7.50. The van der Waals surface area contributed by atoms with Crippen LogP contribution in [0.3, 0.4) is 0 Å². The topological polar surface area (TPSA) is 115 Å². The van der Waals surface area contributed by atoms with Gasteiger partial charge in [0.1, 0.15) is 0 Å². The molecule has 2 aromatic rings. The molecule has 0 aliphatic carbocycles. The van der Waals surface area contributed by atoms with Crippen molar-refractivity contribution in [3.8, 4) is 0 Å². The van der Waals surface area contributed by atoms with E-state index in [0.29, 0.717) is 43.5 Å². The molecule has 226 valence electrons. The second-order valence-corrected chi connectivity index (χ2v) is 13.5. The Hall–Kier alpha value is -3.27. The molecule has 2 rings (SSSR count). The van der Waals surface area contributed by atoms with E-state index in [1.807, 2.05) is 50.2 Å². The lowest BCUT2D eigenvalue weighted by Crippen LogP contribution is -2.38. The predicted octanol–water partition coefficient (Wildman–Crippen LogP) is 7.05. The van der Waals surface area contributed by atoms with Crippen LogP contribution in [0.25, 0.3) is 0 Å². The molecule has 41 heavy (non-hydrogen) atoms. The zero-order valence-corrected chi connectivity index (χ0v) is 26.3. The van der Waals surface area contributed by atoms with Gasteiger partial charge in [-0.1, -0.05) is 19.8 Å². The Kier molecular flexibility index (Phi) is 12.5. The van der Waals surface area contributed by atoms with Crippen LogP contribution in [0.4, 0.5) is 17.1 Å². The highest BCUT2D eigenvalue weighted by molar-refractivity contribution is 7.91. The van der Waals surface area contributed by atoms with Crippen LogP contribution in [0.2, 0.25) is 0 Å². The first-order chi connectivity index (χ1) is 19.2. The minimum atomic E-state index is -3.41. The minimum absolute atomic E-state index is 0.0437. The molecule has 0 radical (unpaired) electrons. The Bertz CT molecular complexity index is 1270. The molecule has 0 saturated carbocycles. The van der Waals surface area contributed by atoms with Crippen molar-refractivity contribution >= 4 is 38.8 Å². The van der Waals surface area contributed by atoms with E-state index in [9.17, 15) is 18.0 Å². The van der Waals surface area contributed by atoms with E-state index in [0.717, 1.165) is 12.1 Å². The molecule has 0 saturated heterocycles. The van der Waals surface area contributed by atoms with Crippen molar-refractivity contribution in [1.82, 2.24) is 0 Å². The summed E-state index contributed by atoms with van der Waals surface area (Å²) in [7, 11) is 1.87. The summed E-state index contributed by atoms with van der Waals surface area (Å²) < 4.78 is 35.9. The second-order valence-electron chi connectivity index (χ2n) is 11.4. The highest BCUT2D eigenvalue weighted by Gasteiger charge is 2.42. The van der Waals surface area contributed by atoms with Gasteiger partial charge in [-0.2, -0.15) is 10.2 Å². The zero-order chi connectivity index (χ0) is 30.7.